The van der Waals surface area contributed by atoms with Gasteiger partial charge in [-0.05, 0) is 38.0 Å². The van der Waals surface area contributed by atoms with Gasteiger partial charge in [0.1, 0.15) is 5.52 Å². The highest BCUT2D eigenvalue weighted by Gasteiger charge is 2.20. The fourth-order valence-corrected chi connectivity index (χ4v) is 3.28. The van der Waals surface area contributed by atoms with E-state index in [4.69, 9.17) is 4.74 Å². The Bertz CT molecular complexity index is 1130. The van der Waals surface area contributed by atoms with E-state index in [0.29, 0.717) is 36.0 Å². The Morgan fingerprint density at radius 1 is 1.14 bits per heavy atom. The van der Waals surface area contributed by atoms with Crippen LogP contribution in [0.5, 0.6) is 5.75 Å². The van der Waals surface area contributed by atoms with Gasteiger partial charge >= 0.3 is 5.97 Å². The standard InChI is InChI=1S/C22H20FN3O2/c1-15(23)7-6-14-26-18-11-3-2-10-17(18)21(25-26)22(27)28-19-12-4-8-16-9-5-13-24-20(16)19/h2-5,8-13,15H,6-7,14H2,1H3. The van der Waals surface area contributed by atoms with Crippen molar-refractivity contribution in [3.05, 3.63) is 66.5 Å². The number of esters is 1. The summed E-state index contributed by atoms with van der Waals surface area (Å²) >= 11 is 0. The van der Waals surface area contributed by atoms with Crippen molar-refractivity contribution < 1.29 is 13.9 Å². The lowest BCUT2D eigenvalue weighted by Crippen LogP contribution is -2.11. The summed E-state index contributed by atoms with van der Waals surface area (Å²) in [6, 6.07) is 16.7. The van der Waals surface area contributed by atoms with Crippen LogP contribution in [0.25, 0.3) is 21.8 Å². The molecular weight excluding hydrogens is 357 g/mol. The summed E-state index contributed by atoms with van der Waals surface area (Å²) in [6.45, 7) is 2.08. The minimum Gasteiger partial charge on any atom is -0.419 e. The number of hydrogen-bond donors (Lipinski definition) is 0. The SMILES string of the molecule is CC(F)CCCn1nc(C(=O)Oc2cccc3cccnc23)c2ccccc21. The van der Waals surface area contributed by atoms with E-state index in [-0.39, 0.29) is 5.69 Å². The van der Waals surface area contributed by atoms with Gasteiger partial charge in [-0.25, -0.2) is 9.18 Å². The quantitative estimate of drug-likeness (QED) is 0.353. The molecular formula is C22H20FN3O2. The highest BCUT2D eigenvalue weighted by atomic mass is 19.1. The Kier molecular flexibility index (Phi) is 5.02. The van der Waals surface area contributed by atoms with E-state index in [9.17, 15) is 9.18 Å². The lowest BCUT2D eigenvalue weighted by atomic mass is 10.2. The summed E-state index contributed by atoms with van der Waals surface area (Å²) in [5.74, 6) is -0.139. The molecule has 2 heterocycles. The number of nitrogens with zero attached hydrogens (tertiary/aromatic N) is 3. The molecule has 2 aromatic heterocycles. The van der Waals surface area contributed by atoms with Crippen LogP contribution in [0.1, 0.15) is 30.3 Å². The molecule has 1 unspecified atom stereocenters. The van der Waals surface area contributed by atoms with Gasteiger partial charge in [-0.15, -0.1) is 0 Å². The molecule has 2 aromatic carbocycles. The first-order chi connectivity index (χ1) is 13.6. The molecule has 0 aliphatic carbocycles. The molecule has 28 heavy (non-hydrogen) atoms. The number of fused-ring (bicyclic) bond motifs is 2. The molecule has 0 saturated carbocycles. The summed E-state index contributed by atoms with van der Waals surface area (Å²) in [5, 5.41) is 6.07. The Hall–Kier alpha value is -3.28. The molecule has 0 amide bonds. The topological polar surface area (TPSA) is 57.0 Å². The van der Waals surface area contributed by atoms with Gasteiger partial charge in [-0.2, -0.15) is 5.10 Å². The number of rotatable bonds is 6. The molecule has 0 bridgehead atoms. The lowest BCUT2D eigenvalue weighted by Gasteiger charge is -2.06. The maximum absolute atomic E-state index is 13.1. The minimum absolute atomic E-state index is 0.247. The van der Waals surface area contributed by atoms with Crippen LogP contribution in [0, 0.1) is 0 Å². The van der Waals surface area contributed by atoms with Crippen LogP contribution in [0.3, 0.4) is 0 Å². The summed E-state index contributed by atoms with van der Waals surface area (Å²) < 4.78 is 20.5. The van der Waals surface area contributed by atoms with Crippen molar-refractivity contribution in [3.63, 3.8) is 0 Å². The van der Waals surface area contributed by atoms with Gasteiger partial charge in [0.25, 0.3) is 0 Å². The summed E-state index contributed by atoms with van der Waals surface area (Å²) in [6.07, 6.45) is 1.90. The molecule has 5 nitrogen and oxygen atoms in total. The number of hydrogen-bond acceptors (Lipinski definition) is 4. The third-order valence-electron chi connectivity index (χ3n) is 4.62. The van der Waals surface area contributed by atoms with E-state index in [0.717, 1.165) is 10.9 Å². The van der Waals surface area contributed by atoms with E-state index >= 15 is 0 Å². The Morgan fingerprint density at radius 2 is 1.96 bits per heavy atom. The monoisotopic (exact) mass is 377 g/mol. The third kappa shape index (κ3) is 3.58. The normalized spacial score (nSPS) is 12.4. The van der Waals surface area contributed by atoms with Crippen molar-refractivity contribution in [3.8, 4) is 5.75 Å². The number of aryl methyl sites for hydroxylation is 1. The first-order valence-electron chi connectivity index (χ1n) is 9.29. The number of pyridine rings is 1. The molecule has 0 spiro atoms. The van der Waals surface area contributed by atoms with Crippen LogP contribution >= 0.6 is 0 Å². The lowest BCUT2D eigenvalue weighted by molar-refractivity contribution is 0.0731. The van der Waals surface area contributed by atoms with Crippen LogP contribution in [-0.2, 0) is 6.54 Å². The Morgan fingerprint density at radius 3 is 2.82 bits per heavy atom. The zero-order valence-electron chi connectivity index (χ0n) is 15.5. The number of aromatic nitrogens is 3. The first kappa shape index (κ1) is 18.1. The smallest absolute Gasteiger partial charge is 0.364 e. The van der Waals surface area contributed by atoms with Crippen LogP contribution in [0.2, 0.25) is 0 Å². The minimum atomic E-state index is -0.856. The van der Waals surface area contributed by atoms with Gasteiger partial charge in [0.05, 0.1) is 11.7 Å². The Labute approximate surface area is 161 Å². The van der Waals surface area contributed by atoms with Crippen LogP contribution in [0.15, 0.2) is 60.8 Å². The first-order valence-corrected chi connectivity index (χ1v) is 9.29. The van der Waals surface area contributed by atoms with Crippen molar-refractivity contribution in [1.82, 2.24) is 14.8 Å². The second kappa shape index (κ2) is 7.76. The number of halogens is 1. The van der Waals surface area contributed by atoms with Crippen molar-refractivity contribution >= 4 is 27.8 Å². The maximum Gasteiger partial charge on any atom is 0.364 e. The van der Waals surface area contributed by atoms with Crippen LogP contribution in [0.4, 0.5) is 4.39 Å². The van der Waals surface area contributed by atoms with Gasteiger partial charge in [0.2, 0.25) is 0 Å². The molecule has 0 radical (unpaired) electrons. The van der Waals surface area contributed by atoms with Gasteiger partial charge in [0.15, 0.2) is 11.4 Å². The van der Waals surface area contributed by atoms with Gasteiger partial charge < -0.3 is 4.74 Å². The fourth-order valence-electron chi connectivity index (χ4n) is 3.28. The fraction of sp³-hybridized carbons (Fsp3) is 0.227. The molecule has 142 valence electrons. The largest absolute Gasteiger partial charge is 0.419 e. The zero-order valence-corrected chi connectivity index (χ0v) is 15.5. The van der Waals surface area contributed by atoms with E-state index < -0.39 is 12.1 Å². The summed E-state index contributed by atoms with van der Waals surface area (Å²) in [7, 11) is 0. The molecule has 0 fully saturated rings. The Balaban J connectivity index is 1.65. The molecule has 6 heteroatoms. The van der Waals surface area contributed by atoms with Crippen molar-refractivity contribution in [2.75, 3.05) is 0 Å². The molecule has 0 N–H and O–H groups in total. The summed E-state index contributed by atoms with van der Waals surface area (Å²) in [5.41, 5.74) is 1.70. The molecule has 4 rings (SSSR count). The maximum atomic E-state index is 13.1. The molecule has 4 aromatic rings. The number of ether oxygens (including phenoxy) is 1. The predicted octanol–water partition coefficient (Wildman–Crippen LogP) is 4.94. The second-order valence-corrected chi connectivity index (χ2v) is 6.73. The third-order valence-corrected chi connectivity index (χ3v) is 4.62. The average molecular weight is 377 g/mol. The second-order valence-electron chi connectivity index (χ2n) is 6.73. The molecule has 0 saturated heterocycles. The summed E-state index contributed by atoms with van der Waals surface area (Å²) in [4.78, 5) is 17.2. The van der Waals surface area contributed by atoms with Gasteiger partial charge in [-0.3, -0.25) is 9.67 Å². The average Bonchev–Trinajstić information content (AvgIpc) is 3.07. The van der Waals surface area contributed by atoms with Gasteiger partial charge in [-0.1, -0.05) is 36.4 Å². The number of carbonyl (C=O) groups is 1. The molecule has 0 aliphatic rings. The highest BCUT2D eigenvalue weighted by molar-refractivity contribution is 6.03. The molecule has 0 aliphatic heterocycles. The van der Waals surface area contributed by atoms with Gasteiger partial charge in [0, 0.05) is 23.5 Å². The number of alkyl halides is 1. The van der Waals surface area contributed by atoms with E-state index in [1.54, 1.807) is 23.9 Å². The number of benzene rings is 2. The van der Waals surface area contributed by atoms with E-state index in [1.165, 1.54) is 0 Å². The molecule has 1 atom stereocenters. The van der Waals surface area contributed by atoms with Crippen LogP contribution < -0.4 is 4.74 Å². The predicted molar refractivity (Wildman–Crippen MR) is 106 cm³/mol. The van der Waals surface area contributed by atoms with E-state index in [1.807, 2.05) is 48.5 Å². The number of carbonyl (C=O) groups excluding carboxylic acids is 1. The van der Waals surface area contributed by atoms with Crippen molar-refractivity contribution in [2.45, 2.75) is 32.5 Å². The van der Waals surface area contributed by atoms with Crippen molar-refractivity contribution in [1.29, 1.82) is 0 Å². The highest BCUT2D eigenvalue weighted by Crippen LogP contribution is 2.26. The van der Waals surface area contributed by atoms with E-state index in [2.05, 4.69) is 10.1 Å². The number of para-hydroxylation sites is 2. The van der Waals surface area contributed by atoms with Crippen molar-refractivity contribution in [2.24, 2.45) is 0 Å². The zero-order chi connectivity index (χ0) is 19.5. The van der Waals surface area contributed by atoms with Crippen LogP contribution in [-0.4, -0.2) is 26.9 Å².